The number of aromatic nitrogens is 1. The van der Waals surface area contributed by atoms with Crippen molar-refractivity contribution >= 4 is 5.69 Å². The second-order valence-corrected chi connectivity index (χ2v) is 3.98. The van der Waals surface area contributed by atoms with Crippen LogP contribution >= 0.6 is 0 Å². The summed E-state index contributed by atoms with van der Waals surface area (Å²) < 4.78 is 0. The molecule has 0 saturated carbocycles. The van der Waals surface area contributed by atoms with E-state index in [1.165, 1.54) is 0 Å². The van der Waals surface area contributed by atoms with E-state index >= 15 is 0 Å². The summed E-state index contributed by atoms with van der Waals surface area (Å²) in [5, 5.41) is 13.4. The van der Waals surface area contributed by atoms with Crippen molar-refractivity contribution in [2.45, 2.75) is 39.2 Å². The van der Waals surface area contributed by atoms with Gasteiger partial charge in [-0.05, 0) is 31.4 Å². The molecule has 0 radical (unpaired) electrons. The number of rotatable bonds is 5. The van der Waals surface area contributed by atoms with Crippen molar-refractivity contribution in [3.05, 3.63) is 24.0 Å². The average molecular weight is 208 g/mol. The van der Waals surface area contributed by atoms with E-state index in [2.05, 4.69) is 10.3 Å². The first-order valence-corrected chi connectivity index (χ1v) is 5.48. The van der Waals surface area contributed by atoms with Gasteiger partial charge in [-0.3, -0.25) is 4.98 Å². The molecule has 1 aromatic rings. The van der Waals surface area contributed by atoms with E-state index < -0.39 is 5.60 Å². The third-order valence-corrected chi connectivity index (χ3v) is 2.94. The van der Waals surface area contributed by atoms with Crippen molar-refractivity contribution in [1.29, 1.82) is 0 Å². The molecule has 0 aliphatic heterocycles. The fraction of sp³-hybridized carbons (Fsp3) is 0.583. The molecule has 3 nitrogen and oxygen atoms in total. The summed E-state index contributed by atoms with van der Waals surface area (Å²) >= 11 is 0. The summed E-state index contributed by atoms with van der Waals surface area (Å²) in [7, 11) is 0. The van der Waals surface area contributed by atoms with Crippen molar-refractivity contribution in [2.75, 3.05) is 11.9 Å². The van der Waals surface area contributed by atoms with Gasteiger partial charge >= 0.3 is 0 Å². The van der Waals surface area contributed by atoms with Gasteiger partial charge in [-0.25, -0.2) is 0 Å². The second kappa shape index (κ2) is 5.12. The Morgan fingerprint density at radius 3 is 2.60 bits per heavy atom. The summed E-state index contributed by atoms with van der Waals surface area (Å²) in [4.78, 5) is 4.03. The van der Waals surface area contributed by atoms with Crippen molar-refractivity contribution in [3.8, 4) is 0 Å². The first-order chi connectivity index (χ1) is 7.11. The minimum absolute atomic E-state index is 0.588. The van der Waals surface area contributed by atoms with Gasteiger partial charge in [-0.2, -0.15) is 0 Å². The van der Waals surface area contributed by atoms with Crippen molar-refractivity contribution in [2.24, 2.45) is 0 Å². The van der Waals surface area contributed by atoms with E-state index in [0.29, 0.717) is 6.54 Å². The Kier molecular flexibility index (Phi) is 4.09. The molecule has 0 aromatic carbocycles. The quantitative estimate of drug-likeness (QED) is 0.780. The third kappa shape index (κ3) is 3.20. The lowest BCUT2D eigenvalue weighted by Gasteiger charge is -2.26. The third-order valence-electron chi connectivity index (χ3n) is 2.94. The van der Waals surface area contributed by atoms with Gasteiger partial charge in [0.05, 0.1) is 5.60 Å². The molecular weight excluding hydrogens is 188 g/mol. The number of hydrogen-bond donors (Lipinski definition) is 2. The number of pyridine rings is 1. The van der Waals surface area contributed by atoms with Gasteiger partial charge in [-0.15, -0.1) is 0 Å². The van der Waals surface area contributed by atoms with Gasteiger partial charge in [0.1, 0.15) is 0 Å². The minimum Gasteiger partial charge on any atom is -0.388 e. The van der Waals surface area contributed by atoms with Crippen LogP contribution in [0.15, 0.2) is 18.5 Å². The van der Waals surface area contributed by atoms with Crippen molar-refractivity contribution < 1.29 is 5.11 Å². The number of nitrogens with zero attached hydrogens (tertiary/aromatic N) is 1. The molecule has 1 heterocycles. The number of aryl methyl sites for hydroxylation is 1. The van der Waals surface area contributed by atoms with E-state index in [4.69, 9.17) is 0 Å². The Bertz CT molecular complexity index is 308. The van der Waals surface area contributed by atoms with Crippen LogP contribution in [0.3, 0.4) is 0 Å². The fourth-order valence-electron chi connectivity index (χ4n) is 1.43. The van der Waals surface area contributed by atoms with Gasteiger partial charge in [0.2, 0.25) is 0 Å². The molecule has 0 atom stereocenters. The summed E-state index contributed by atoms with van der Waals surface area (Å²) in [6, 6.07) is 1.93. The Balaban J connectivity index is 2.61. The van der Waals surface area contributed by atoms with Crippen molar-refractivity contribution in [1.82, 2.24) is 4.98 Å². The Hall–Kier alpha value is -1.09. The van der Waals surface area contributed by atoms with Crippen LogP contribution in [0.4, 0.5) is 5.69 Å². The molecule has 15 heavy (non-hydrogen) atoms. The van der Waals surface area contributed by atoms with Crippen LogP contribution in [-0.4, -0.2) is 22.2 Å². The first-order valence-electron chi connectivity index (χ1n) is 5.48. The Morgan fingerprint density at radius 1 is 1.40 bits per heavy atom. The maximum atomic E-state index is 10.1. The summed E-state index contributed by atoms with van der Waals surface area (Å²) in [5.74, 6) is 0. The highest BCUT2D eigenvalue weighted by Gasteiger charge is 2.21. The van der Waals surface area contributed by atoms with E-state index in [1.807, 2.05) is 33.0 Å². The lowest BCUT2D eigenvalue weighted by atomic mass is 9.97. The van der Waals surface area contributed by atoms with Gasteiger partial charge in [0.15, 0.2) is 0 Å². The van der Waals surface area contributed by atoms with Crippen LogP contribution in [0.2, 0.25) is 0 Å². The van der Waals surface area contributed by atoms with Gasteiger partial charge < -0.3 is 10.4 Å². The monoisotopic (exact) mass is 208 g/mol. The highest BCUT2D eigenvalue weighted by Crippen LogP contribution is 2.18. The standard InChI is InChI=1S/C12H20N2O/c1-4-12(15,5-2)9-14-11-6-7-13-8-10(11)3/h6-8,15H,4-5,9H2,1-3H3,(H,13,14). The van der Waals surface area contributed by atoms with Crippen LogP contribution in [0.25, 0.3) is 0 Å². The molecule has 2 N–H and O–H groups in total. The molecule has 0 amide bonds. The summed E-state index contributed by atoms with van der Waals surface area (Å²) in [6.07, 6.45) is 5.10. The van der Waals surface area contributed by atoms with E-state index in [-0.39, 0.29) is 0 Å². The second-order valence-electron chi connectivity index (χ2n) is 3.98. The van der Waals surface area contributed by atoms with Crippen LogP contribution in [-0.2, 0) is 0 Å². The maximum Gasteiger partial charge on any atom is 0.0814 e. The highest BCUT2D eigenvalue weighted by atomic mass is 16.3. The Labute approximate surface area is 91.5 Å². The Morgan fingerprint density at radius 2 is 2.07 bits per heavy atom. The zero-order valence-electron chi connectivity index (χ0n) is 9.75. The highest BCUT2D eigenvalue weighted by molar-refractivity contribution is 5.48. The predicted molar refractivity (Wildman–Crippen MR) is 63.0 cm³/mol. The van der Waals surface area contributed by atoms with Crippen LogP contribution in [0.1, 0.15) is 32.3 Å². The SMILES string of the molecule is CCC(O)(CC)CNc1ccncc1C. The minimum atomic E-state index is -0.601. The number of anilines is 1. The van der Waals surface area contributed by atoms with Gasteiger partial charge in [-0.1, -0.05) is 13.8 Å². The van der Waals surface area contributed by atoms with E-state index in [0.717, 1.165) is 24.1 Å². The summed E-state index contributed by atoms with van der Waals surface area (Å²) in [5.41, 5.74) is 1.55. The smallest absolute Gasteiger partial charge is 0.0814 e. The molecule has 0 spiro atoms. The van der Waals surface area contributed by atoms with Crippen molar-refractivity contribution in [3.63, 3.8) is 0 Å². The molecule has 3 heteroatoms. The number of nitrogens with one attached hydrogen (secondary N) is 1. The lowest BCUT2D eigenvalue weighted by Crippen LogP contribution is -2.35. The zero-order valence-corrected chi connectivity index (χ0v) is 9.75. The largest absolute Gasteiger partial charge is 0.388 e. The molecule has 1 aromatic heterocycles. The maximum absolute atomic E-state index is 10.1. The average Bonchev–Trinajstić information content (AvgIpc) is 2.28. The number of hydrogen-bond acceptors (Lipinski definition) is 3. The molecule has 0 saturated heterocycles. The predicted octanol–water partition coefficient (Wildman–Crippen LogP) is 2.35. The first kappa shape index (κ1) is 12.0. The van der Waals surface area contributed by atoms with E-state index in [1.54, 1.807) is 6.20 Å². The van der Waals surface area contributed by atoms with Gasteiger partial charge in [0, 0.05) is 24.6 Å². The molecule has 84 valence electrons. The molecule has 0 unspecified atom stereocenters. The molecule has 0 fully saturated rings. The van der Waals surface area contributed by atoms with Crippen LogP contribution in [0.5, 0.6) is 0 Å². The zero-order chi connectivity index (χ0) is 11.3. The normalized spacial score (nSPS) is 11.5. The fourth-order valence-corrected chi connectivity index (χ4v) is 1.43. The topological polar surface area (TPSA) is 45.1 Å². The molecule has 1 rings (SSSR count). The molecule has 0 aliphatic carbocycles. The summed E-state index contributed by atoms with van der Waals surface area (Å²) in [6.45, 7) is 6.60. The van der Waals surface area contributed by atoms with Crippen LogP contribution < -0.4 is 5.32 Å². The van der Waals surface area contributed by atoms with Gasteiger partial charge in [0.25, 0.3) is 0 Å². The molecule has 0 aliphatic rings. The van der Waals surface area contributed by atoms with E-state index in [9.17, 15) is 5.11 Å². The molecule has 0 bridgehead atoms. The number of aliphatic hydroxyl groups is 1. The van der Waals surface area contributed by atoms with Crippen LogP contribution in [0, 0.1) is 6.92 Å². The lowest BCUT2D eigenvalue weighted by molar-refractivity contribution is 0.0457. The molecular formula is C12H20N2O.